The third-order valence-electron chi connectivity index (χ3n) is 3.59. The van der Waals surface area contributed by atoms with Crippen molar-refractivity contribution in [1.82, 2.24) is 5.32 Å². The Hall–Kier alpha value is -0.0400. The summed E-state index contributed by atoms with van der Waals surface area (Å²) >= 11 is 0. The van der Waals surface area contributed by atoms with Crippen LogP contribution >= 0.6 is 0 Å². The minimum Gasteiger partial charge on any atom is -0.317 e. The average Bonchev–Trinajstić information content (AvgIpc) is 2.76. The molecule has 1 fully saturated rings. The third kappa shape index (κ3) is 3.30. The van der Waals surface area contributed by atoms with Gasteiger partial charge in [0.2, 0.25) is 0 Å². The maximum atomic E-state index is 3.52. The smallest absolute Gasteiger partial charge is 0.00461 e. The van der Waals surface area contributed by atoms with Crippen molar-refractivity contribution in [1.29, 1.82) is 0 Å². The lowest BCUT2D eigenvalue weighted by Gasteiger charge is -2.02. The van der Waals surface area contributed by atoms with E-state index in [0.717, 1.165) is 17.8 Å². The van der Waals surface area contributed by atoms with Gasteiger partial charge in [0, 0.05) is 0 Å². The van der Waals surface area contributed by atoms with Gasteiger partial charge in [-0.3, -0.25) is 0 Å². The molecule has 0 spiro atoms. The monoisotopic (exact) mass is 183 g/mol. The highest BCUT2D eigenvalue weighted by Crippen LogP contribution is 2.49. The molecule has 78 valence electrons. The molecular weight excluding hydrogens is 158 g/mol. The van der Waals surface area contributed by atoms with Gasteiger partial charge in [-0.2, -0.15) is 0 Å². The molecule has 13 heavy (non-hydrogen) atoms. The van der Waals surface area contributed by atoms with E-state index < -0.39 is 0 Å². The number of nitrogens with one attached hydrogen (secondary N) is 1. The first-order valence-corrected chi connectivity index (χ1v) is 6.02. The summed E-state index contributed by atoms with van der Waals surface area (Å²) in [6.45, 7) is 9.44. The van der Waals surface area contributed by atoms with E-state index in [1.165, 1.54) is 38.8 Å². The van der Waals surface area contributed by atoms with E-state index in [4.69, 9.17) is 0 Å². The molecule has 1 N–H and O–H groups in total. The number of hydrogen-bond acceptors (Lipinski definition) is 1. The lowest BCUT2D eigenvalue weighted by Crippen LogP contribution is -2.17. The van der Waals surface area contributed by atoms with Crippen LogP contribution in [0.15, 0.2) is 0 Å². The summed E-state index contributed by atoms with van der Waals surface area (Å²) in [5.74, 6) is 3.10. The highest BCUT2D eigenvalue weighted by molar-refractivity contribution is 4.92. The van der Waals surface area contributed by atoms with Crippen molar-refractivity contribution in [3.63, 3.8) is 0 Å². The first kappa shape index (κ1) is 11.0. The molecule has 0 aromatic rings. The first-order chi connectivity index (χ1) is 6.31. The molecular formula is C12H25N. The summed E-state index contributed by atoms with van der Waals surface area (Å²) in [4.78, 5) is 0. The average molecular weight is 183 g/mol. The lowest BCUT2D eigenvalue weighted by atomic mass is 10.2. The van der Waals surface area contributed by atoms with Gasteiger partial charge in [0.05, 0.1) is 0 Å². The fraction of sp³-hybridized carbons (Fsp3) is 1.00. The van der Waals surface area contributed by atoms with Crippen LogP contribution in [0.25, 0.3) is 0 Å². The van der Waals surface area contributed by atoms with Gasteiger partial charge in [0.1, 0.15) is 0 Å². The number of unbranched alkanes of at least 4 members (excludes halogenated alkanes) is 1. The molecule has 3 atom stereocenters. The van der Waals surface area contributed by atoms with E-state index in [0.29, 0.717) is 0 Å². The standard InChI is InChI=1S/C12H25N/c1-4-6-8-13-9-7-12-10(3)11(12)5-2/h10-13H,4-9H2,1-3H3. The number of rotatable bonds is 7. The molecule has 0 aromatic heterocycles. The molecule has 0 heterocycles. The van der Waals surface area contributed by atoms with Crippen molar-refractivity contribution < 1.29 is 0 Å². The van der Waals surface area contributed by atoms with Crippen molar-refractivity contribution in [2.24, 2.45) is 17.8 Å². The third-order valence-corrected chi connectivity index (χ3v) is 3.59. The Labute approximate surface area is 83.3 Å². The highest BCUT2D eigenvalue weighted by Gasteiger charge is 2.43. The fourth-order valence-corrected chi connectivity index (χ4v) is 2.48. The van der Waals surface area contributed by atoms with Gasteiger partial charge < -0.3 is 5.32 Å². The van der Waals surface area contributed by atoms with E-state index in [1.54, 1.807) is 0 Å². The van der Waals surface area contributed by atoms with Crippen LogP contribution in [-0.4, -0.2) is 13.1 Å². The van der Waals surface area contributed by atoms with E-state index >= 15 is 0 Å². The Morgan fingerprint density at radius 1 is 1.08 bits per heavy atom. The second-order valence-electron chi connectivity index (χ2n) is 4.49. The predicted molar refractivity (Wildman–Crippen MR) is 58.8 cm³/mol. The lowest BCUT2D eigenvalue weighted by molar-refractivity contribution is 0.559. The Morgan fingerprint density at radius 2 is 1.85 bits per heavy atom. The molecule has 1 nitrogen and oxygen atoms in total. The molecule has 1 saturated carbocycles. The minimum atomic E-state index is 1.01. The SMILES string of the molecule is CCCCNCCC1C(C)C1CC. The van der Waals surface area contributed by atoms with Gasteiger partial charge >= 0.3 is 0 Å². The van der Waals surface area contributed by atoms with Crippen LogP contribution in [0.3, 0.4) is 0 Å². The molecule has 0 radical (unpaired) electrons. The largest absolute Gasteiger partial charge is 0.317 e. The summed E-state index contributed by atoms with van der Waals surface area (Å²) in [6, 6.07) is 0. The second-order valence-corrected chi connectivity index (χ2v) is 4.49. The van der Waals surface area contributed by atoms with Crippen LogP contribution in [0.1, 0.15) is 46.5 Å². The topological polar surface area (TPSA) is 12.0 Å². The molecule has 0 amide bonds. The summed E-state index contributed by atoms with van der Waals surface area (Å²) in [7, 11) is 0. The zero-order chi connectivity index (χ0) is 9.68. The van der Waals surface area contributed by atoms with E-state index in [2.05, 4.69) is 26.1 Å². The molecule has 1 rings (SSSR count). The Bertz CT molecular complexity index is 133. The van der Waals surface area contributed by atoms with E-state index in [1.807, 2.05) is 0 Å². The van der Waals surface area contributed by atoms with Crippen LogP contribution < -0.4 is 5.32 Å². The zero-order valence-corrected chi connectivity index (χ0v) is 9.47. The van der Waals surface area contributed by atoms with Crippen LogP contribution in [0.4, 0.5) is 0 Å². The van der Waals surface area contributed by atoms with Gasteiger partial charge in [-0.1, -0.05) is 33.6 Å². The molecule has 0 bridgehead atoms. The maximum absolute atomic E-state index is 3.52. The molecule has 0 aliphatic heterocycles. The van der Waals surface area contributed by atoms with E-state index in [-0.39, 0.29) is 0 Å². The quantitative estimate of drug-likeness (QED) is 0.598. The Morgan fingerprint density at radius 3 is 2.38 bits per heavy atom. The minimum absolute atomic E-state index is 1.01. The van der Waals surface area contributed by atoms with Gasteiger partial charge in [-0.25, -0.2) is 0 Å². The molecule has 1 aliphatic rings. The van der Waals surface area contributed by atoms with Crippen LogP contribution in [-0.2, 0) is 0 Å². The van der Waals surface area contributed by atoms with Crippen LogP contribution in [0.2, 0.25) is 0 Å². The van der Waals surface area contributed by atoms with Crippen molar-refractivity contribution in [2.45, 2.75) is 46.5 Å². The number of hydrogen-bond donors (Lipinski definition) is 1. The normalized spacial score (nSPS) is 32.1. The molecule has 1 aliphatic carbocycles. The van der Waals surface area contributed by atoms with Crippen molar-refractivity contribution in [3.8, 4) is 0 Å². The zero-order valence-electron chi connectivity index (χ0n) is 9.47. The maximum Gasteiger partial charge on any atom is -0.00461 e. The van der Waals surface area contributed by atoms with Gasteiger partial charge in [-0.05, 0) is 43.7 Å². The van der Waals surface area contributed by atoms with Crippen LogP contribution in [0.5, 0.6) is 0 Å². The van der Waals surface area contributed by atoms with Crippen molar-refractivity contribution in [2.75, 3.05) is 13.1 Å². The Balaban J connectivity index is 1.90. The molecule has 3 unspecified atom stereocenters. The summed E-state index contributed by atoms with van der Waals surface area (Å²) in [5.41, 5.74) is 0. The van der Waals surface area contributed by atoms with Gasteiger partial charge in [0.25, 0.3) is 0 Å². The van der Waals surface area contributed by atoms with Crippen LogP contribution in [0, 0.1) is 17.8 Å². The van der Waals surface area contributed by atoms with Crippen molar-refractivity contribution in [3.05, 3.63) is 0 Å². The summed E-state index contributed by atoms with van der Waals surface area (Å²) in [5, 5.41) is 3.52. The van der Waals surface area contributed by atoms with Gasteiger partial charge in [-0.15, -0.1) is 0 Å². The van der Waals surface area contributed by atoms with E-state index in [9.17, 15) is 0 Å². The fourth-order valence-electron chi connectivity index (χ4n) is 2.48. The Kier molecular flexibility index (Phi) is 4.79. The summed E-state index contributed by atoms with van der Waals surface area (Å²) < 4.78 is 0. The second kappa shape index (κ2) is 5.64. The van der Waals surface area contributed by atoms with Crippen molar-refractivity contribution >= 4 is 0 Å². The molecule has 1 heteroatoms. The molecule has 0 aromatic carbocycles. The highest BCUT2D eigenvalue weighted by atomic mass is 14.8. The molecule has 0 saturated heterocycles. The first-order valence-electron chi connectivity index (χ1n) is 6.02. The summed E-state index contributed by atoms with van der Waals surface area (Å²) in [6.07, 6.45) is 5.44. The predicted octanol–water partition coefficient (Wildman–Crippen LogP) is 3.06. The van der Waals surface area contributed by atoms with Gasteiger partial charge in [0.15, 0.2) is 0 Å².